The zero-order chi connectivity index (χ0) is 29.3. The van der Waals surface area contributed by atoms with Gasteiger partial charge in [0.05, 0.1) is 17.0 Å². The van der Waals surface area contributed by atoms with Gasteiger partial charge in [0, 0.05) is 36.8 Å². The van der Waals surface area contributed by atoms with Gasteiger partial charge >= 0.3 is 6.01 Å². The maximum atomic E-state index is 16.3. The number of pyridine rings is 1. The van der Waals surface area contributed by atoms with Crippen LogP contribution in [0.25, 0.3) is 37.8 Å². The van der Waals surface area contributed by atoms with Crippen LogP contribution in [-0.4, -0.2) is 64.6 Å². The third-order valence-electron chi connectivity index (χ3n) is 6.85. The fourth-order valence-electron chi connectivity index (χ4n) is 4.95. The molecule has 1 aliphatic rings. The van der Waals surface area contributed by atoms with Crippen LogP contribution in [0.4, 0.5) is 19.0 Å². The second-order valence-corrected chi connectivity index (χ2v) is 9.85. The van der Waals surface area contributed by atoms with Crippen LogP contribution in [0.3, 0.4) is 0 Å². The SMILES string of the molecule is [C-]#[N+]C[C@H]1CN(c2nc(OCCC)nc3c(F)c(-c4cccc5ccc(F)c(Cl)c45)ncc23)CCN1C(=O)C(=C)F. The Labute approximate surface area is 238 Å². The highest BCUT2D eigenvalue weighted by Crippen LogP contribution is 2.38. The summed E-state index contributed by atoms with van der Waals surface area (Å²) in [5.74, 6) is -3.11. The lowest BCUT2D eigenvalue weighted by Crippen LogP contribution is -2.56. The average molecular weight is 581 g/mol. The molecule has 1 amide bonds. The standard InChI is InChI=1S/C29H24ClF3N6O2/c1-4-12-41-29-36-26-20(27(37-29)38-10-11-39(28(40)16(2)31)18(15-38)13-34-3)14-35-25(24(26)33)19-7-5-6-17-8-9-21(32)23(30)22(17)19/h5-9,14,18H,2,4,10-13,15H2,1H3/t18-/m0/s1. The molecule has 0 aliphatic carbocycles. The summed E-state index contributed by atoms with van der Waals surface area (Å²) in [6, 6.07) is 7.11. The number of hydrogen-bond acceptors (Lipinski definition) is 6. The van der Waals surface area contributed by atoms with Crippen molar-refractivity contribution in [1.82, 2.24) is 19.9 Å². The summed E-state index contributed by atoms with van der Waals surface area (Å²) in [6.07, 6.45) is 2.07. The number of hydrogen-bond donors (Lipinski definition) is 0. The highest BCUT2D eigenvalue weighted by Gasteiger charge is 2.35. The number of anilines is 1. The molecular weight excluding hydrogens is 557 g/mol. The molecule has 2 aromatic carbocycles. The lowest BCUT2D eigenvalue weighted by molar-refractivity contribution is -0.131. The van der Waals surface area contributed by atoms with Crippen molar-refractivity contribution >= 4 is 45.0 Å². The normalized spacial score (nSPS) is 15.3. The van der Waals surface area contributed by atoms with E-state index in [1.54, 1.807) is 29.2 Å². The summed E-state index contributed by atoms with van der Waals surface area (Å²) >= 11 is 6.30. The second kappa shape index (κ2) is 11.6. The van der Waals surface area contributed by atoms with Crippen molar-refractivity contribution in [3.05, 3.63) is 77.0 Å². The number of carbonyl (C=O) groups excluding carboxylic acids is 1. The molecule has 2 aromatic heterocycles. The minimum Gasteiger partial charge on any atom is -0.463 e. The Morgan fingerprint density at radius 2 is 2.05 bits per heavy atom. The Balaban J connectivity index is 1.65. The minimum atomic E-state index is -1.11. The summed E-state index contributed by atoms with van der Waals surface area (Å²) in [5.41, 5.74) is 0.135. The first-order chi connectivity index (χ1) is 19.7. The summed E-state index contributed by atoms with van der Waals surface area (Å²) < 4.78 is 50.0. The van der Waals surface area contributed by atoms with Crippen molar-refractivity contribution in [3.8, 4) is 17.3 Å². The first-order valence-electron chi connectivity index (χ1n) is 12.8. The zero-order valence-electron chi connectivity index (χ0n) is 22.0. The van der Waals surface area contributed by atoms with E-state index in [0.29, 0.717) is 28.6 Å². The number of carbonyl (C=O) groups is 1. The van der Waals surface area contributed by atoms with Gasteiger partial charge < -0.3 is 19.4 Å². The molecule has 12 heteroatoms. The lowest BCUT2D eigenvalue weighted by Gasteiger charge is -2.39. The van der Waals surface area contributed by atoms with E-state index in [1.165, 1.54) is 17.2 Å². The highest BCUT2D eigenvalue weighted by molar-refractivity contribution is 6.36. The molecule has 41 heavy (non-hydrogen) atoms. The van der Waals surface area contributed by atoms with Crippen LogP contribution in [-0.2, 0) is 4.79 Å². The zero-order valence-corrected chi connectivity index (χ0v) is 22.8. The number of ether oxygens (including phenoxy) is 1. The molecule has 5 rings (SSSR count). The third-order valence-corrected chi connectivity index (χ3v) is 7.22. The highest BCUT2D eigenvalue weighted by atomic mass is 35.5. The van der Waals surface area contributed by atoms with Gasteiger partial charge in [-0.05, 0) is 17.9 Å². The number of piperazine rings is 1. The van der Waals surface area contributed by atoms with Crippen LogP contribution in [0, 0.1) is 18.2 Å². The molecule has 0 spiro atoms. The predicted molar refractivity (Wildman–Crippen MR) is 150 cm³/mol. The quantitative estimate of drug-likeness (QED) is 0.198. The number of nitrogens with zero attached hydrogens (tertiary/aromatic N) is 6. The van der Waals surface area contributed by atoms with E-state index in [9.17, 15) is 13.6 Å². The second-order valence-electron chi connectivity index (χ2n) is 9.47. The summed E-state index contributed by atoms with van der Waals surface area (Å²) in [6.45, 7) is 13.0. The van der Waals surface area contributed by atoms with Crippen molar-refractivity contribution in [1.29, 1.82) is 0 Å². The van der Waals surface area contributed by atoms with Gasteiger partial charge in [-0.3, -0.25) is 9.78 Å². The van der Waals surface area contributed by atoms with Crippen LogP contribution in [0.2, 0.25) is 5.02 Å². The van der Waals surface area contributed by atoms with Crippen molar-refractivity contribution < 1.29 is 22.7 Å². The summed E-state index contributed by atoms with van der Waals surface area (Å²) in [4.78, 5) is 32.1. The Hall–Kier alpha value is -4.43. The fourth-order valence-corrected chi connectivity index (χ4v) is 5.22. The fraction of sp³-hybridized carbons (Fsp3) is 0.276. The Morgan fingerprint density at radius 3 is 2.78 bits per heavy atom. The van der Waals surface area contributed by atoms with Crippen molar-refractivity contribution in [2.75, 3.05) is 37.7 Å². The van der Waals surface area contributed by atoms with E-state index < -0.39 is 29.4 Å². The van der Waals surface area contributed by atoms with Crippen molar-refractivity contribution in [3.63, 3.8) is 0 Å². The number of aromatic nitrogens is 3. The molecule has 8 nitrogen and oxygen atoms in total. The Kier molecular flexibility index (Phi) is 7.94. The molecule has 1 fully saturated rings. The maximum absolute atomic E-state index is 16.3. The summed E-state index contributed by atoms with van der Waals surface area (Å²) in [7, 11) is 0. The van der Waals surface area contributed by atoms with Gasteiger partial charge in [-0.2, -0.15) is 9.97 Å². The molecule has 0 N–H and O–H groups in total. The van der Waals surface area contributed by atoms with Crippen molar-refractivity contribution in [2.24, 2.45) is 0 Å². The lowest BCUT2D eigenvalue weighted by atomic mass is 10.0. The average Bonchev–Trinajstić information content (AvgIpc) is 2.97. The van der Waals surface area contributed by atoms with E-state index in [2.05, 4.69) is 26.4 Å². The number of fused-ring (bicyclic) bond motifs is 2. The minimum absolute atomic E-state index is 0.0650. The van der Waals surface area contributed by atoms with Gasteiger partial charge in [-0.1, -0.05) is 49.4 Å². The molecule has 0 radical (unpaired) electrons. The number of rotatable bonds is 7. The molecular formula is C29H24ClF3N6O2. The number of amides is 1. The van der Waals surface area contributed by atoms with E-state index >= 15 is 4.39 Å². The van der Waals surface area contributed by atoms with Crippen LogP contribution in [0.1, 0.15) is 13.3 Å². The maximum Gasteiger partial charge on any atom is 0.319 e. The predicted octanol–water partition coefficient (Wildman–Crippen LogP) is 5.99. The van der Waals surface area contributed by atoms with Gasteiger partial charge in [0.2, 0.25) is 6.54 Å². The topological polar surface area (TPSA) is 75.8 Å². The number of halogens is 4. The first kappa shape index (κ1) is 28.1. The van der Waals surface area contributed by atoms with Crippen LogP contribution in [0.5, 0.6) is 6.01 Å². The monoisotopic (exact) mass is 580 g/mol. The summed E-state index contributed by atoms with van der Waals surface area (Å²) in [5, 5.41) is 1.04. The van der Waals surface area contributed by atoms with E-state index in [-0.39, 0.29) is 60.4 Å². The van der Waals surface area contributed by atoms with Gasteiger partial charge in [0.15, 0.2) is 11.6 Å². The van der Waals surface area contributed by atoms with E-state index in [0.717, 1.165) is 0 Å². The van der Waals surface area contributed by atoms with Gasteiger partial charge in [0.1, 0.15) is 28.9 Å². The Morgan fingerprint density at radius 1 is 1.24 bits per heavy atom. The molecule has 0 saturated carbocycles. The van der Waals surface area contributed by atoms with Crippen molar-refractivity contribution in [2.45, 2.75) is 19.4 Å². The van der Waals surface area contributed by atoms with Crippen LogP contribution in [0.15, 0.2) is 48.9 Å². The molecule has 4 aromatic rings. The van der Waals surface area contributed by atoms with Crippen LogP contribution >= 0.6 is 11.6 Å². The van der Waals surface area contributed by atoms with Gasteiger partial charge in [0.25, 0.3) is 5.91 Å². The largest absolute Gasteiger partial charge is 0.463 e. The number of benzene rings is 2. The molecule has 1 saturated heterocycles. The van der Waals surface area contributed by atoms with E-state index in [1.807, 2.05) is 6.92 Å². The molecule has 1 atom stereocenters. The van der Waals surface area contributed by atoms with E-state index in [4.69, 9.17) is 22.9 Å². The van der Waals surface area contributed by atoms with Crippen LogP contribution < -0.4 is 9.64 Å². The molecule has 3 heterocycles. The first-order valence-corrected chi connectivity index (χ1v) is 13.2. The molecule has 210 valence electrons. The molecule has 1 aliphatic heterocycles. The third kappa shape index (κ3) is 5.23. The smallest absolute Gasteiger partial charge is 0.319 e. The Bertz CT molecular complexity index is 1730. The molecule has 0 bridgehead atoms. The van der Waals surface area contributed by atoms with Gasteiger partial charge in [-0.25, -0.2) is 19.7 Å². The van der Waals surface area contributed by atoms with Gasteiger partial charge in [-0.15, -0.1) is 0 Å². The molecule has 0 unspecified atom stereocenters.